The summed E-state index contributed by atoms with van der Waals surface area (Å²) in [6.07, 6.45) is -0.560. The van der Waals surface area contributed by atoms with Crippen LogP contribution in [0.25, 0.3) is 0 Å². The highest BCUT2D eigenvalue weighted by Gasteiger charge is 2.05. The van der Waals surface area contributed by atoms with Crippen molar-refractivity contribution < 1.29 is 40.5 Å². The van der Waals surface area contributed by atoms with E-state index in [9.17, 15) is 4.79 Å². The summed E-state index contributed by atoms with van der Waals surface area (Å²) in [5, 5.41) is 56.5. The largest absolute Gasteiger partial charge is 0.478 e. The van der Waals surface area contributed by atoms with Crippen molar-refractivity contribution in [2.24, 2.45) is 0 Å². The third-order valence-electron chi connectivity index (χ3n) is 1.93. The highest BCUT2D eigenvalue weighted by Crippen LogP contribution is 2.10. The second-order valence-electron chi connectivity index (χ2n) is 3.83. The Hall–Kier alpha value is -1.55. The molecule has 1 atom stereocenters. The van der Waals surface area contributed by atoms with Gasteiger partial charge < -0.3 is 35.7 Å². The summed E-state index contributed by atoms with van der Waals surface area (Å²) >= 11 is 0. The fourth-order valence-corrected chi connectivity index (χ4v) is 1.07. The maximum absolute atomic E-state index is 10.6. The van der Waals surface area contributed by atoms with Crippen molar-refractivity contribution in [3.05, 3.63) is 34.9 Å². The lowest BCUT2D eigenvalue weighted by atomic mass is 10.1. The molecule has 8 nitrogen and oxygen atoms in total. The summed E-state index contributed by atoms with van der Waals surface area (Å²) in [6.45, 7) is 0.183. The molecule has 0 aliphatic carbocycles. The summed E-state index contributed by atoms with van der Waals surface area (Å²) in [6, 6.07) is 4.31. The van der Waals surface area contributed by atoms with Gasteiger partial charge in [-0.05, 0) is 30.2 Å². The van der Waals surface area contributed by atoms with E-state index in [0.29, 0.717) is 11.1 Å². The highest BCUT2D eigenvalue weighted by molar-refractivity contribution is 5.88. The number of carboxylic acid groups (broad SMARTS) is 1. The molecule has 0 saturated heterocycles. The Morgan fingerprint density at radius 2 is 1.16 bits per heavy atom. The van der Waals surface area contributed by atoms with Crippen molar-refractivity contribution in [3.8, 4) is 0 Å². The number of carbonyl (C=O) groups is 1. The van der Waals surface area contributed by atoms with Crippen LogP contribution in [0.3, 0.4) is 0 Å². The lowest BCUT2D eigenvalue weighted by Gasteiger charge is -2.02. The minimum Gasteiger partial charge on any atom is -0.478 e. The predicted molar refractivity (Wildman–Crippen MR) is 100 cm³/mol. The first-order chi connectivity index (χ1) is 9.85. The Balaban J connectivity index is -0.0000000653. The molecule has 0 amide bonds. The molecule has 0 aromatic heterocycles. The first-order valence-corrected chi connectivity index (χ1v) is 5.94. The van der Waals surface area contributed by atoms with E-state index in [0.717, 1.165) is 0 Å². The van der Waals surface area contributed by atoms with Crippen LogP contribution in [0, 0.1) is 0 Å². The fraction of sp³-hybridized carbons (Fsp3) is 0.588. The summed E-state index contributed by atoms with van der Waals surface area (Å²) < 4.78 is 0. The molecule has 0 heterocycles. The van der Waals surface area contributed by atoms with Gasteiger partial charge in [-0.3, -0.25) is 0 Å². The van der Waals surface area contributed by atoms with Gasteiger partial charge in [0.1, 0.15) is 6.79 Å². The number of aliphatic hydroxyl groups excluding tert-OH is 5. The Morgan fingerprint density at radius 1 is 0.880 bits per heavy atom. The van der Waals surface area contributed by atoms with Crippen LogP contribution >= 0.6 is 0 Å². The van der Waals surface area contributed by atoms with Crippen LogP contribution in [0.4, 0.5) is 0 Å². The number of rotatable bonds is 4. The van der Waals surface area contributed by atoms with Crippen LogP contribution in [0.2, 0.25) is 0 Å². The molecule has 1 aromatic rings. The molecule has 0 radical (unpaired) electrons. The third kappa shape index (κ3) is 22.4. The average molecular weight is 370 g/mol. The Morgan fingerprint density at radius 3 is 1.32 bits per heavy atom. The minimum atomic E-state index is -1.06. The van der Waals surface area contributed by atoms with E-state index < -0.39 is 18.9 Å². The van der Waals surface area contributed by atoms with Crippen molar-refractivity contribution in [1.29, 1.82) is 0 Å². The molecule has 25 heavy (non-hydrogen) atoms. The monoisotopic (exact) mass is 370 g/mol. The molecule has 7 N–H and O–H groups in total. The lowest BCUT2D eigenvalue weighted by molar-refractivity contribution is 0.0695. The summed E-state index contributed by atoms with van der Waals surface area (Å²) in [5.74, 6) is -1.06. The number of hydrogen-bond acceptors (Lipinski definition) is 7. The van der Waals surface area contributed by atoms with Crippen molar-refractivity contribution in [3.63, 3.8) is 0 Å². The summed E-state index contributed by atoms with van der Waals surface area (Å²) in [7, 11) is 0. The van der Waals surface area contributed by atoms with E-state index in [-0.39, 0.29) is 55.1 Å². The van der Waals surface area contributed by atoms with Gasteiger partial charge in [-0.2, -0.15) is 0 Å². The van der Waals surface area contributed by atoms with E-state index in [1.807, 2.05) is 0 Å². The van der Waals surface area contributed by atoms with Gasteiger partial charge in [0, 0.05) is 0 Å². The molecule has 8 heteroatoms. The van der Waals surface area contributed by atoms with E-state index in [1.165, 1.54) is 19.1 Å². The molecule has 0 fully saturated rings. The normalized spacial score (nSPS) is 8.92. The number of aromatic carboxylic acids is 1. The van der Waals surface area contributed by atoms with Gasteiger partial charge in [0.05, 0.1) is 31.5 Å². The molecule has 0 spiro atoms. The molecule has 1 unspecified atom stereocenters. The van der Waals surface area contributed by atoms with Crippen LogP contribution in [-0.2, 0) is 13.2 Å². The van der Waals surface area contributed by atoms with Crippen LogP contribution in [0.5, 0.6) is 0 Å². The minimum absolute atomic E-state index is 0. The zero-order valence-electron chi connectivity index (χ0n) is 11.7. The molecule has 1 aromatic carbocycles. The zero-order valence-corrected chi connectivity index (χ0v) is 11.7. The maximum Gasteiger partial charge on any atom is 0.335 e. The molecule has 1 rings (SSSR count). The number of aliphatic hydroxyl groups is 6. The SMILES string of the molecule is C.C.C.C.CC(O)CO.O=C(O)c1cc(CO)cc(CO)c1.OCO. The molecule has 0 bridgehead atoms. The van der Waals surface area contributed by atoms with E-state index in [4.69, 9.17) is 35.7 Å². The number of hydrogen-bond donors (Lipinski definition) is 7. The van der Waals surface area contributed by atoms with E-state index in [2.05, 4.69) is 0 Å². The topological polar surface area (TPSA) is 159 Å². The highest BCUT2D eigenvalue weighted by atomic mass is 16.5. The molecule has 0 saturated carbocycles. The van der Waals surface area contributed by atoms with Gasteiger partial charge in [0.25, 0.3) is 0 Å². The van der Waals surface area contributed by atoms with Gasteiger partial charge in [0.15, 0.2) is 0 Å². The van der Waals surface area contributed by atoms with Gasteiger partial charge in [-0.1, -0.05) is 35.8 Å². The van der Waals surface area contributed by atoms with Crippen molar-refractivity contribution >= 4 is 5.97 Å². The standard InChI is InChI=1S/C9H10O4.C3H8O2.CH4O2.4CH4/c10-4-6-1-7(5-11)3-8(2-6)9(12)13;1-3(5)2-4;2-1-3;;;;/h1-3,10-11H,4-5H2,(H,12,13);3-5H,2H2,1H3;2-3H,1H2;4*1H4. The molecular weight excluding hydrogens is 332 g/mol. The van der Waals surface area contributed by atoms with Crippen molar-refractivity contribution in [1.82, 2.24) is 0 Å². The predicted octanol–water partition coefficient (Wildman–Crippen LogP) is 1.20. The van der Waals surface area contributed by atoms with Crippen LogP contribution in [0.1, 0.15) is 58.1 Å². The zero-order chi connectivity index (χ0) is 16.8. The van der Waals surface area contributed by atoms with Gasteiger partial charge >= 0.3 is 5.97 Å². The molecule has 0 aliphatic rings. The fourth-order valence-electron chi connectivity index (χ4n) is 1.07. The Labute approximate surface area is 151 Å². The molecular formula is C17H38O8. The first-order valence-electron chi connectivity index (χ1n) is 5.94. The average Bonchev–Trinajstić information content (AvgIpc) is 2.47. The van der Waals surface area contributed by atoms with Crippen molar-refractivity contribution in [2.75, 3.05) is 13.4 Å². The second kappa shape index (κ2) is 24.7. The van der Waals surface area contributed by atoms with E-state index >= 15 is 0 Å². The smallest absolute Gasteiger partial charge is 0.335 e. The second-order valence-corrected chi connectivity index (χ2v) is 3.83. The summed E-state index contributed by atoms with van der Waals surface area (Å²) in [5.41, 5.74) is 1.06. The van der Waals surface area contributed by atoms with Crippen molar-refractivity contribution in [2.45, 2.75) is 55.9 Å². The molecule has 0 aliphatic heterocycles. The van der Waals surface area contributed by atoms with Gasteiger partial charge in [-0.15, -0.1) is 0 Å². The van der Waals surface area contributed by atoms with E-state index in [1.54, 1.807) is 6.07 Å². The maximum atomic E-state index is 10.6. The number of benzene rings is 1. The Bertz CT molecular complexity index is 372. The quantitative estimate of drug-likeness (QED) is 0.389. The van der Waals surface area contributed by atoms with Crippen LogP contribution < -0.4 is 0 Å². The lowest BCUT2D eigenvalue weighted by Crippen LogP contribution is -2.03. The van der Waals surface area contributed by atoms with Gasteiger partial charge in [-0.25, -0.2) is 4.79 Å². The first kappa shape index (κ1) is 38.8. The summed E-state index contributed by atoms with van der Waals surface area (Å²) in [4.78, 5) is 10.6. The number of carboxylic acids is 1. The Kier molecular flexibility index (Phi) is 38.3. The van der Waals surface area contributed by atoms with Crippen LogP contribution in [0.15, 0.2) is 18.2 Å². The van der Waals surface area contributed by atoms with Crippen LogP contribution in [-0.4, -0.2) is 61.2 Å². The third-order valence-corrected chi connectivity index (χ3v) is 1.93. The van der Waals surface area contributed by atoms with Gasteiger partial charge in [0.2, 0.25) is 0 Å². The molecule has 154 valence electrons.